The van der Waals surface area contributed by atoms with Crippen molar-refractivity contribution in [3.8, 4) is 11.8 Å². The lowest BCUT2D eigenvalue weighted by Gasteiger charge is -2.10. The molecule has 0 aromatic heterocycles. The van der Waals surface area contributed by atoms with Crippen molar-refractivity contribution in [2.75, 3.05) is 5.75 Å². The van der Waals surface area contributed by atoms with Gasteiger partial charge in [0.05, 0.1) is 5.75 Å². The number of hydrogen-bond donors (Lipinski definition) is 1. The molecule has 2 nitrogen and oxygen atoms in total. The Morgan fingerprint density at radius 1 is 1.44 bits per heavy atom. The van der Waals surface area contributed by atoms with Gasteiger partial charge in [-0.2, -0.15) is 0 Å². The monoisotopic (exact) mass is 234 g/mol. The van der Waals surface area contributed by atoms with Crippen molar-refractivity contribution < 1.29 is 9.90 Å². The molecule has 0 aliphatic carbocycles. The van der Waals surface area contributed by atoms with Crippen LogP contribution in [0.5, 0.6) is 0 Å². The molecule has 0 aliphatic rings. The first-order chi connectivity index (χ1) is 7.74. The molecule has 3 heteroatoms. The average Bonchev–Trinajstić information content (AvgIpc) is 2.29. The minimum absolute atomic E-state index is 0.414. The highest BCUT2D eigenvalue weighted by atomic mass is 32.2. The van der Waals surface area contributed by atoms with E-state index in [1.165, 1.54) is 11.8 Å². The van der Waals surface area contributed by atoms with Gasteiger partial charge in [-0.25, -0.2) is 0 Å². The van der Waals surface area contributed by atoms with Crippen molar-refractivity contribution in [3.63, 3.8) is 0 Å². The summed E-state index contributed by atoms with van der Waals surface area (Å²) in [6.07, 6.45) is 0.548. The van der Waals surface area contributed by atoms with Crippen molar-refractivity contribution in [2.24, 2.45) is 0 Å². The van der Waals surface area contributed by atoms with Crippen molar-refractivity contribution in [2.45, 2.75) is 18.6 Å². The van der Waals surface area contributed by atoms with Crippen LogP contribution in [0.3, 0.4) is 0 Å². The molecule has 0 radical (unpaired) electrons. The molecule has 0 bridgehead atoms. The molecular weight excluding hydrogens is 220 g/mol. The van der Waals surface area contributed by atoms with E-state index in [0.29, 0.717) is 12.2 Å². The minimum atomic E-state index is -0.772. The van der Waals surface area contributed by atoms with Gasteiger partial charge in [0, 0.05) is 0 Å². The summed E-state index contributed by atoms with van der Waals surface area (Å²) in [5, 5.41) is 8.65. The van der Waals surface area contributed by atoms with E-state index < -0.39 is 11.2 Å². The Labute approximate surface area is 100 Å². The summed E-state index contributed by atoms with van der Waals surface area (Å²) in [5.74, 6) is 5.43. The number of hydrogen-bond acceptors (Lipinski definition) is 2. The van der Waals surface area contributed by atoms with Gasteiger partial charge in [0.25, 0.3) is 0 Å². The predicted molar refractivity (Wildman–Crippen MR) is 67.5 cm³/mol. The normalized spacial score (nSPS) is 11.3. The zero-order chi connectivity index (χ0) is 11.8. The van der Waals surface area contributed by atoms with Crippen LogP contribution in [0, 0.1) is 11.8 Å². The third-order valence-electron chi connectivity index (χ3n) is 2.07. The van der Waals surface area contributed by atoms with Gasteiger partial charge >= 0.3 is 5.97 Å². The van der Waals surface area contributed by atoms with Crippen molar-refractivity contribution >= 4 is 17.7 Å². The van der Waals surface area contributed by atoms with E-state index in [4.69, 9.17) is 5.11 Å². The van der Waals surface area contributed by atoms with Crippen LogP contribution >= 0.6 is 11.8 Å². The van der Waals surface area contributed by atoms with Gasteiger partial charge in [0.15, 0.2) is 0 Å². The third-order valence-corrected chi connectivity index (χ3v) is 3.15. The van der Waals surface area contributed by atoms with Crippen LogP contribution in [0.25, 0.3) is 0 Å². The second-order valence-electron chi connectivity index (χ2n) is 3.25. The number of thioether (sulfide) groups is 1. The Kier molecular flexibility index (Phi) is 5.52. The molecule has 0 heterocycles. The fraction of sp³-hybridized carbons (Fsp3) is 0.308. The highest BCUT2D eigenvalue weighted by Gasteiger charge is 2.17. The van der Waals surface area contributed by atoms with Gasteiger partial charge in [0.1, 0.15) is 5.25 Å². The maximum absolute atomic E-state index is 11.0. The molecule has 0 amide bonds. The Bertz CT molecular complexity index is 389. The van der Waals surface area contributed by atoms with Gasteiger partial charge in [0.2, 0.25) is 0 Å². The maximum atomic E-state index is 11.0. The standard InChI is InChI=1S/C13H14O2S/c1-2-3-9-16-12(13(14)15)10-11-7-5-4-6-8-11/h4-8,12H,9-10H2,1H3,(H,14,15). The van der Waals surface area contributed by atoms with Crippen molar-refractivity contribution in [1.29, 1.82) is 0 Å². The van der Waals surface area contributed by atoms with Gasteiger partial charge in [-0.3, -0.25) is 4.79 Å². The van der Waals surface area contributed by atoms with Crippen LogP contribution in [-0.2, 0) is 11.2 Å². The van der Waals surface area contributed by atoms with Gasteiger partial charge in [-0.15, -0.1) is 17.7 Å². The number of carbonyl (C=O) groups is 1. The molecule has 1 atom stereocenters. The van der Waals surface area contributed by atoms with Crippen LogP contribution < -0.4 is 0 Å². The highest BCUT2D eigenvalue weighted by Crippen LogP contribution is 2.16. The largest absolute Gasteiger partial charge is 0.480 e. The highest BCUT2D eigenvalue weighted by molar-refractivity contribution is 8.00. The van der Waals surface area contributed by atoms with Crippen LogP contribution in [0.2, 0.25) is 0 Å². The lowest BCUT2D eigenvalue weighted by Crippen LogP contribution is -2.19. The summed E-state index contributed by atoms with van der Waals surface area (Å²) < 4.78 is 0. The molecule has 84 valence electrons. The number of benzene rings is 1. The Hall–Kier alpha value is -1.40. The molecule has 1 unspecified atom stereocenters. The molecule has 16 heavy (non-hydrogen) atoms. The fourth-order valence-corrected chi connectivity index (χ4v) is 2.14. The SMILES string of the molecule is CC#CCSC(Cc1ccccc1)C(=O)O. The molecule has 1 aromatic rings. The van der Waals surface area contributed by atoms with Crippen LogP contribution in [0.1, 0.15) is 12.5 Å². The van der Waals surface area contributed by atoms with E-state index >= 15 is 0 Å². The van der Waals surface area contributed by atoms with Gasteiger partial charge in [-0.05, 0) is 18.9 Å². The van der Waals surface area contributed by atoms with Gasteiger partial charge < -0.3 is 5.11 Å². The zero-order valence-electron chi connectivity index (χ0n) is 9.14. The number of rotatable bonds is 5. The zero-order valence-corrected chi connectivity index (χ0v) is 9.96. The molecule has 1 N–H and O–H groups in total. The first-order valence-corrected chi connectivity index (χ1v) is 6.07. The number of aliphatic carboxylic acids is 1. The van der Waals surface area contributed by atoms with Crippen LogP contribution in [0.4, 0.5) is 0 Å². The molecule has 0 fully saturated rings. The number of carboxylic acid groups (broad SMARTS) is 1. The molecule has 0 saturated heterocycles. The molecular formula is C13H14O2S. The Morgan fingerprint density at radius 2 is 2.12 bits per heavy atom. The Morgan fingerprint density at radius 3 is 2.69 bits per heavy atom. The molecule has 1 aromatic carbocycles. The van der Waals surface area contributed by atoms with Crippen molar-refractivity contribution in [3.05, 3.63) is 35.9 Å². The van der Waals surface area contributed by atoms with E-state index in [1.54, 1.807) is 6.92 Å². The summed E-state index contributed by atoms with van der Waals surface area (Å²) in [5.41, 5.74) is 1.05. The summed E-state index contributed by atoms with van der Waals surface area (Å²) in [4.78, 5) is 11.0. The lowest BCUT2D eigenvalue weighted by atomic mass is 10.1. The van der Waals surface area contributed by atoms with Crippen LogP contribution in [0.15, 0.2) is 30.3 Å². The van der Waals surface area contributed by atoms with E-state index in [9.17, 15) is 4.79 Å². The number of carboxylic acids is 1. The molecule has 1 rings (SSSR count). The molecule has 0 spiro atoms. The van der Waals surface area contributed by atoms with Gasteiger partial charge in [-0.1, -0.05) is 36.3 Å². The quantitative estimate of drug-likeness (QED) is 0.795. The Balaban J connectivity index is 2.57. The first kappa shape index (κ1) is 12.7. The fourth-order valence-electron chi connectivity index (χ4n) is 1.26. The topological polar surface area (TPSA) is 37.3 Å². The predicted octanol–water partition coefficient (Wildman–Crippen LogP) is 2.44. The summed E-state index contributed by atoms with van der Waals surface area (Å²) in [6.45, 7) is 1.76. The summed E-state index contributed by atoms with van der Waals surface area (Å²) in [7, 11) is 0. The van der Waals surface area contributed by atoms with E-state index in [-0.39, 0.29) is 0 Å². The van der Waals surface area contributed by atoms with Crippen LogP contribution in [-0.4, -0.2) is 22.1 Å². The second kappa shape index (κ2) is 6.97. The second-order valence-corrected chi connectivity index (χ2v) is 4.45. The van der Waals surface area contributed by atoms with Crippen molar-refractivity contribution in [1.82, 2.24) is 0 Å². The van der Waals surface area contributed by atoms with E-state index in [2.05, 4.69) is 11.8 Å². The molecule has 0 saturated carbocycles. The molecule has 0 aliphatic heterocycles. The first-order valence-electron chi connectivity index (χ1n) is 5.02. The summed E-state index contributed by atoms with van der Waals surface area (Å²) in [6, 6.07) is 9.66. The van der Waals surface area contributed by atoms with E-state index in [1.807, 2.05) is 30.3 Å². The third kappa shape index (κ3) is 4.41. The summed E-state index contributed by atoms with van der Waals surface area (Å²) >= 11 is 1.38. The average molecular weight is 234 g/mol. The maximum Gasteiger partial charge on any atom is 0.316 e. The van der Waals surface area contributed by atoms with E-state index in [0.717, 1.165) is 5.56 Å². The minimum Gasteiger partial charge on any atom is -0.480 e. The smallest absolute Gasteiger partial charge is 0.316 e. The lowest BCUT2D eigenvalue weighted by molar-refractivity contribution is -0.136.